The lowest BCUT2D eigenvalue weighted by molar-refractivity contribution is -0.136. The highest BCUT2D eigenvalue weighted by Gasteiger charge is 2.53. The van der Waals surface area contributed by atoms with Gasteiger partial charge in [0.15, 0.2) is 0 Å². The molecule has 1 aliphatic carbocycles. The SMILES string of the molecule is CCCCC(CC)CNC(=O)CN1C(=O)NC2(CCC(C(C)(C)CC)CC2)C1=O. The zero-order valence-electron chi connectivity index (χ0n) is 19.1. The van der Waals surface area contributed by atoms with Crippen LogP contribution in [0, 0.1) is 17.3 Å². The molecule has 1 spiro atoms. The summed E-state index contributed by atoms with van der Waals surface area (Å²) < 4.78 is 0. The number of amides is 4. The molecule has 0 bridgehead atoms. The van der Waals surface area contributed by atoms with Gasteiger partial charge in [-0.15, -0.1) is 0 Å². The maximum atomic E-state index is 13.1. The summed E-state index contributed by atoms with van der Waals surface area (Å²) in [4.78, 5) is 39.0. The fraction of sp³-hybridized carbons (Fsp3) is 0.870. The molecule has 2 rings (SSSR count). The largest absolute Gasteiger partial charge is 0.354 e. The molecule has 6 nitrogen and oxygen atoms in total. The molecule has 6 heteroatoms. The Morgan fingerprint density at radius 2 is 1.90 bits per heavy atom. The quantitative estimate of drug-likeness (QED) is 0.532. The minimum atomic E-state index is -0.801. The van der Waals surface area contributed by atoms with Gasteiger partial charge in [-0.25, -0.2) is 4.79 Å². The third-order valence-electron chi connectivity index (χ3n) is 7.53. The summed E-state index contributed by atoms with van der Waals surface area (Å²) in [6, 6.07) is -0.420. The topological polar surface area (TPSA) is 78.5 Å². The van der Waals surface area contributed by atoms with Crippen LogP contribution in [0.3, 0.4) is 0 Å². The number of rotatable bonds is 10. The lowest BCUT2D eigenvalue weighted by Gasteiger charge is -2.42. The Morgan fingerprint density at radius 1 is 1.24 bits per heavy atom. The molecule has 0 aromatic carbocycles. The zero-order chi connectivity index (χ0) is 21.7. The molecular weight excluding hydrogens is 366 g/mol. The van der Waals surface area contributed by atoms with E-state index in [1.54, 1.807) is 0 Å². The van der Waals surface area contributed by atoms with Crippen LogP contribution in [0.1, 0.15) is 92.4 Å². The minimum Gasteiger partial charge on any atom is -0.354 e. The van der Waals surface area contributed by atoms with Crippen molar-refractivity contribution in [1.82, 2.24) is 15.5 Å². The first kappa shape index (κ1) is 23.7. The van der Waals surface area contributed by atoms with Crippen LogP contribution in [-0.4, -0.2) is 41.4 Å². The van der Waals surface area contributed by atoms with Gasteiger partial charge in [-0.05, 0) is 49.4 Å². The number of urea groups is 1. The predicted molar refractivity (Wildman–Crippen MR) is 115 cm³/mol. The summed E-state index contributed by atoms with van der Waals surface area (Å²) in [5, 5.41) is 5.85. The third-order valence-corrected chi connectivity index (χ3v) is 7.53. The second kappa shape index (κ2) is 9.94. The molecular formula is C23H41N3O3. The number of carbonyl (C=O) groups excluding carboxylic acids is 3. The van der Waals surface area contributed by atoms with Crippen molar-refractivity contribution >= 4 is 17.8 Å². The number of nitrogens with zero attached hydrogens (tertiary/aromatic N) is 1. The summed E-state index contributed by atoms with van der Waals surface area (Å²) >= 11 is 0. The molecule has 29 heavy (non-hydrogen) atoms. The molecule has 1 heterocycles. The average molecular weight is 408 g/mol. The Morgan fingerprint density at radius 3 is 2.45 bits per heavy atom. The number of unbranched alkanes of at least 4 members (excludes halogenated alkanes) is 1. The number of nitrogens with one attached hydrogen (secondary N) is 2. The van der Waals surface area contributed by atoms with E-state index >= 15 is 0 Å². The summed E-state index contributed by atoms with van der Waals surface area (Å²) in [7, 11) is 0. The van der Waals surface area contributed by atoms with Crippen LogP contribution >= 0.6 is 0 Å². The maximum Gasteiger partial charge on any atom is 0.325 e. The van der Waals surface area contributed by atoms with Crippen LogP contribution in [0.2, 0.25) is 0 Å². The van der Waals surface area contributed by atoms with Crippen molar-refractivity contribution < 1.29 is 14.4 Å². The smallest absolute Gasteiger partial charge is 0.325 e. The van der Waals surface area contributed by atoms with Gasteiger partial charge in [0.1, 0.15) is 12.1 Å². The lowest BCUT2D eigenvalue weighted by atomic mass is 9.65. The number of hydrogen-bond donors (Lipinski definition) is 2. The highest BCUT2D eigenvalue weighted by molar-refractivity contribution is 6.09. The van der Waals surface area contributed by atoms with Gasteiger partial charge in [0.25, 0.3) is 5.91 Å². The number of imide groups is 1. The minimum absolute atomic E-state index is 0.180. The molecule has 1 saturated heterocycles. The van der Waals surface area contributed by atoms with Crippen molar-refractivity contribution in [2.24, 2.45) is 17.3 Å². The highest BCUT2D eigenvalue weighted by atomic mass is 16.2. The van der Waals surface area contributed by atoms with Crippen LogP contribution in [0.4, 0.5) is 4.79 Å². The average Bonchev–Trinajstić information content (AvgIpc) is 2.92. The Labute approximate surface area is 176 Å². The van der Waals surface area contributed by atoms with E-state index in [9.17, 15) is 14.4 Å². The molecule has 1 saturated carbocycles. The molecule has 1 atom stereocenters. The monoisotopic (exact) mass is 407 g/mol. The summed E-state index contributed by atoms with van der Waals surface area (Å²) in [6.07, 6.45) is 8.71. The van der Waals surface area contributed by atoms with E-state index in [-0.39, 0.29) is 23.8 Å². The van der Waals surface area contributed by atoms with Gasteiger partial charge < -0.3 is 10.6 Å². The second-order valence-electron chi connectivity index (χ2n) is 9.74. The summed E-state index contributed by atoms with van der Waals surface area (Å²) in [6.45, 7) is 11.5. The maximum absolute atomic E-state index is 13.1. The van der Waals surface area contributed by atoms with Gasteiger partial charge in [-0.2, -0.15) is 0 Å². The van der Waals surface area contributed by atoms with E-state index in [2.05, 4.69) is 45.3 Å². The van der Waals surface area contributed by atoms with Crippen molar-refractivity contribution in [3.8, 4) is 0 Å². The van der Waals surface area contributed by atoms with Crippen molar-refractivity contribution in [3.63, 3.8) is 0 Å². The fourth-order valence-electron chi connectivity index (χ4n) is 4.74. The first-order valence-electron chi connectivity index (χ1n) is 11.6. The van der Waals surface area contributed by atoms with Crippen molar-refractivity contribution in [2.75, 3.05) is 13.1 Å². The lowest BCUT2D eigenvalue weighted by Crippen LogP contribution is -2.51. The molecule has 166 valence electrons. The Balaban J connectivity index is 1.90. The van der Waals surface area contributed by atoms with Crippen molar-refractivity contribution in [2.45, 2.75) is 97.9 Å². The molecule has 1 unspecified atom stereocenters. The summed E-state index contributed by atoms with van der Waals surface area (Å²) in [5.41, 5.74) is -0.550. The van der Waals surface area contributed by atoms with Crippen LogP contribution < -0.4 is 10.6 Å². The van der Waals surface area contributed by atoms with E-state index < -0.39 is 11.6 Å². The number of carbonyl (C=O) groups is 3. The van der Waals surface area contributed by atoms with Gasteiger partial charge in [0, 0.05) is 6.54 Å². The highest BCUT2D eigenvalue weighted by Crippen LogP contribution is 2.45. The van der Waals surface area contributed by atoms with Crippen LogP contribution in [-0.2, 0) is 9.59 Å². The van der Waals surface area contributed by atoms with E-state index in [0.717, 1.165) is 49.8 Å². The van der Waals surface area contributed by atoms with Gasteiger partial charge >= 0.3 is 6.03 Å². The molecule has 4 amide bonds. The molecule has 1 aliphatic heterocycles. The van der Waals surface area contributed by atoms with E-state index in [1.165, 1.54) is 0 Å². The van der Waals surface area contributed by atoms with Gasteiger partial charge in [0.2, 0.25) is 5.91 Å². The summed E-state index contributed by atoms with van der Waals surface area (Å²) in [5.74, 6) is 0.546. The molecule has 2 fully saturated rings. The molecule has 0 radical (unpaired) electrons. The third kappa shape index (κ3) is 5.52. The molecule has 2 N–H and O–H groups in total. The molecule has 2 aliphatic rings. The Bertz CT molecular complexity index is 594. The first-order valence-corrected chi connectivity index (χ1v) is 11.6. The van der Waals surface area contributed by atoms with E-state index in [1.807, 2.05) is 0 Å². The van der Waals surface area contributed by atoms with Crippen molar-refractivity contribution in [3.05, 3.63) is 0 Å². The Hall–Kier alpha value is -1.59. The molecule has 0 aromatic heterocycles. The normalized spacial score (nSPS) is 26.0. The first-order chi connectivity index (χ1) is 13.7. The molecule has 0 aromatic rings. The van der Waals surface area contributed by atoms with Crippen molar-refractivity contribution in [1.29, 1.82) is 0 Å². The van der Waals surface area contributed by atoms with Gasteiger partial charge in [-0.1, -0.05) is 60.3 Å². The van der Waals surface area contributed by atoms with Gasteiger partial charge in [-0.3, -0.25) is 14.5 Å². The van der Waals surface area contributed by atoms with Crippen LogP contribution in [0.5, 0.6) is 0 Å². The van der Waals surface area contributed by atoms with E-state index in [0.29, 0.717) is 31.2 Å². The Kier molecular flexibility index (Phi) is 8.12. The van der Waals surface area contributed by atoms with E-state index in [4.69, 9.17) is 0 Å². The zero-order valence-corrected chi connectivity index (χ0v) is 19.1. The van der Waals surface area contributed by atoms with Crippen LogP contribution in [0.15, 0.2) is 0 Å². The fourth-order valence-corrected chi connectivity index (χ4v) is 4.74. The predicted octanol–water partition coefficient (Wildman–Crippen LogP) is 4.24. The number of hydrogen-bond acceptors (Lipinski definition) is 3. The van der Waals surface area contributed by atoms with Crippen LogP contribution in [0.25, 0.3) is 0 Å². The van der Waals surface area contributed by atoms with Gasteiger partial charge in [0.05, 0.1) is 0 Å². The standard InChI is InChI=1S/C23H41N3O3/c1-6-9-10-17(7-2)15-24-19(27)16-26-20(28)23(25-21(26)29)13-11-18(12-14-23)22(4,5)8-3/h17-18H,6-16H2,1-5H3,(H,24,27)(H,25,29). The second-order valence-corrected chi connectivity index (χ2v) is 9.74.